The van der Waals surface area contributed by atoms with Gasteiger partial charge in [-0.2, -0.15) is 16.7 Å². The number of hydrogen-bond donors (Lipinski definition) is 1. The van der Waals surface area contributed by atoms with Crippen molar-refractivity contribution in [2.75, 3.05) is 11.1 Å². The van der Waals surface area contributed by atoms with Crippen LogP contribution in [0.3, 0.4) is 0 Å². The lowest BCUT2D eigenvalue weighted by atomic mass is 10.2. The summed E-state index contributed by atoms with van der Waals surface area (Å²) in [6.07, 6.45) is 3.70. The minimum absolute atomic E-state index is 0.400. The maximum atomic E-state index is 5.85. The summed E-state index contributed by atoms with van der Waals surface area (Å²) in [6, 6.07) is 7.55. The first-order valence-corrected chi connectivity index (χ1v) is 8.17. The summed E-state index contributed by atoms with van der Waals surface area (Å²) in [5, 5.41) is 8.47. The Labute approximate surface area is 127 Å². The lowest BCUT2D eigenvalue weighted by Crippen LogP contribution is -2.04. The number of hydrogen-bond acceptors (Lipinski definition) is 5. The Bertz CT molecular complexity index is 552. The topological polar surface area (TPSA) is 51.0 Å². The molecule has 1 aromatic heterocycles. The van der Waals surface area contributed by atoms with Crippen molar-refractivity contribution in [3.63, 3.8) is 0 Å². The van der Waals surface area contributed by atoms with Gasteiger partial charge in [0.1, 0.15) is 0 Å². The molecule has 0 saturated carbocycles. The molecule has 0 aliphatic carbocycles. The minimum Gasteiger partial charge on any atom is -0.376 e. The number of halogens is 1. The van der Waals surface area contributed by atoms with Crippen LogP contribution in [0.15, 0.2) is 28.8 Å². The van der Waals surface area contributed by atoms with Gasteiger partial charge in [-0.05, 0) is 42.9 Å². The molecule has 1 aromatic carbocycles. The second-order valence-corrected chi connectivity index (χ2v) is 6.51. The molecule has 0 amide bonds. The zero-order valence-corrected chi connectivity index (χ0v) is 12.6. The van der Waals surface area contributed by atoms with Gasteiger partial charge in [0, 0.05) is 10.7 Å². The third-order valence-corrected chi connectivity index (χ3v) is 4.86. The number of nitrogens with zero attached hydrogens (tertiary/aromatic N) is 2. The number of rotatable bonds is 4. The second kappa shape index (κ2) is 6.50. The molecular formula is C14H16ClN3OS. The van der Waals surface area contributed by atoms with E-state index in [0.29, 0.717) is 17.7 Å². The number of aromatic nitrogens is 2. The largest absolute Gasteiger partial charge is 0.376 e. The fourth-order valence-corrected chi connectivity index (χ4v) is 3.52. The molecule has 3 rings (SSSR count). The molecule has 2 heterocycles. The fraction of sp³-hybridized carbons (Fsp3) is 0.429. The van der Waals surface area contributed by atoms with E-state index < -0.39 is 0 Å². The predicted molar refractivity (Wildman–Crippen MR) is 82.1 cm³/mol. The van der Waals surface area contributed by atoms with E-state index in [-0.39, 0.29) is 0 Å². The maximum Gasteiger partial charge on any atom is 0.245 e. The maximum absolute atomic E-state index is 5.85. The minimum atomic E-state index is 0.400. The third-order valence-electron chi connectivity index (χ3n) is 3.24. The average Bonchev–Trinajstić information content (AvgIpc) is 2.97. The molecule has 0 radical (unpaired) electrons. The highest BCUT2D eigenvalue weighted by Gasteiger charge is 2.21. The van der Waals surface area contributed by atoms with Gasteiger partial charge in [0.15, 0.2) is 5.82 Å². The van der Waals surface area contributed by atoms with Gasteiger partial charge in [-0.3, -0.25) is 0 Å². The Morgan fingerprint density at radius 3 is 2.90 bits per heavy atom. The van der Waals surface area contributed by atoms with Gasteiger partial charge < -0.3 is 9.84 Å². The molecule has 4 nitrogen and oxygen atoms in total. The molecule has 1 aliphatic rings. The molecule has 20 heavy (non-hydrogen) atoms. The van der Waals surface area contributed by atoms with Crippen LogP contribution >= 0.6 is 23.4 Å². The SMILES string of the molecule is Clc1ccc(NCc2nc(C3CCCCS3)no2)cc1. The van der Waals surface area contributed by atoms with Gasteiger partial charge in [-0.25, -0.2) is 0 Å². The Hall–Kier alpha value is -1.20. The zero-order valence-electron chi connectivity index (χ0n) is 11.0. The van der Waals surface area contributed by atoms with Crippen LogP contribution in [0.4, 0.5) is 5.69 Å². The summed E-state index contributed by atoms with van der Waals surface area (Å²) < 4.78 is 5.30. The first-order chi connectivity index (χ1) is 9.81. The summed E-state index contributed by atoms with van der Waals surface area (Å²) in [6.45, 7) is 0.534. The van der Waals surface area contributed by atoms with Gasteiger partial charge in [0.25, 0.3) is 0 Å². The van der Waals surface area contributed by atoms with E-state index in [2.05, 4.69) is 15.5 Å². The molecule has 1 saturated heterocycles. The first-order valence-electron chi connectivity index (χ1n) is 6.75. The predicted octanol–water partition coefficient (Wildman–Crippen LogP) is 4.29. The number of thioether (sulfide) groups is 1. The summed E-state index contributed by atoms with van der Waals surface area (Å²) >= 11 is 7.77. The number of nitrogens with one attached hydrogen (secondary N) is 1. The van der Waals surface area contributed by atoms with Gasteiger partial charge in [0.2, 0.25) is 5.89 Å². The molecule has 106 valence electrons. The van der Waals surface area contributed by atoms with Gasteiger partial charge in [-0.1, -0.05) is 23.2 Å². The quantitative estimate of drug-likeness (QED) is 0.913. The van der Waals surface area contributed by atoms with Crippen molar-refractivity contribution in [2.45, 2.75) is 31.1 Å². The van der Waals surface area contributed by atoms with Gasteiger partial charge in [0.05, 0.1) is 11.8 Å². The van der Waals surface area contributed by atoms with E-state index in [4.69, 9.17) is 16.1 Å². The zero-order chi connectivity index (χ0) is 13.8. The van der Waals surface area contributed by atoms with Crippen LogP contribution in [0.25, 0.3) is 0 Å². The molecule has 1 atom stereocenters. The van der Waals surface area contributed by atoms with Crippen molar-refractivity contribution >= 4 is 29.1 Å². The molecular weight excluding hydrogens is 294 g/mol. The number of anilines is 1. The Kier molecular flexibility index (Phi) is 4.47. The van der Waals surface area contributed by atoms with Gasteiger partial charge in [-0.15, -0.1) is 0 Å². The highest BCUT2D eigenvalue weighted by molar-refractivity contribution is 7.99. The molecule has 1 fully saturated rings. The van der Waals surface area contributed by atoms with Crippen LogP contribution < -0.4 is 5.32 Å². The summed E-state index contributed by atoms with van der Waals surface area (Å²) in [7, 11) is 0. The van der Waals surface area contributed by atoms with Crippen molar-refractivity contribution in [3.05, 3.63) is 41.0 Å². The van der Waals surface area contributed by atoms with Crippen molar-refractivity contribution in [1.82, 2.24) is 10.1 Å². The highest BCUT2D eigenvalue weighted by Crippen LogP contribution is 2.36. The molecule has 0 bridgehead atoms. The van der Waals surface area contributed by atoms with Crippen molar-refractivity contribution in [2.24, 2.45) is 0 Å². The van der Waals surface area contributed by atoms with Crippen LogP contribution in [-0.4, -0.2) is 15.9 Å². The second-order valence-electron chi connectivity index (χ2n) is 4.76. The van der Waals surface area contributed by atoms with E-state index in [1.165, 1.54) is 18.6 Å². The van der Waals surface area contributed by atoms with Crippen LogP contribution in [0.1, 0.15) is 36.2 Å². The van der Waals surface area contributed by atoms with Crippen LogP contribution in [-0.2, 0) is 6.54 Å². The summed E-state index contributed by atoms with van der Waals surface area (Å²) in [5.74, 6) is 2.65. The van der Waals surface area contributed by atoms with E-state index in [1.54, 1.807) is 0 Å². The molecule has 1 unspecified atom stereocenters. The third kappa shape index (κ3) is 3.46. The van der Waals surface area contributed by atoms with E-state index in [0.717, 1.165) is 23.0 Å². The van der Waals surface area contributed by atoms with Crippen LogP contribution in [0.5, 0.6) is 0 Å². The van der Waals surface area contributed by atoms with Gasteiger partial charge >= 0.3 is 0 Å². The lowest BCUT2D eigenvalue weighted by molar-refractivity contribution is 0.376. The molecule has 2 aromatic rings. The van der Waals surface area contributed by atoms with Crippen LogP contribution in [0.2, 0.25) is 5.02 Å². The Balaban J connectivity index is 1.58. The Morgan fingerprint density at radius 1 is 1.30 bits per heavy atom. The average molecular weight is 310 g/mol. The van der Waals surface area contributed by atoms with Crippen LogP contribution in [0, 0.1) is 0 Å². The number of benzene rings is 1. The standard InChI is InChI=1S/C14H16ClN3OS/c15-10-4-6-11(7-5-10)16-9-13-17-14(18-19-13)12-3-1-2-8-20-12/h4-7,12,16H,1-3,8-9H2. The van der Waals surface area contributed by atoms with Crippen molar-refractivity contribution in [1.29, 1.82) is 0 Å². The molecule has 1 N–H and O–H groups in total. The molecule has 6 heteroatoms. The fourth-order valence-electron chi connectivity index (χ4n) is 2.16. The first kappa shape index (κ1) is 13.8. The molecule has 1 aliphatic heterocycles. The lowest BCUT2D eigenvalue weighted by Gasteiger charge is -2.17. The van der Waals surface area contributed by atoms with Crippen molar-refractivity contribution < 1.29 is 4.52 Å². The monoisotopic (exact) mass is 309 g/mol. The normalized spacial score (nSPS) is 18.9. The highest BCUT2D eigenvalue weighted by atomic mass is 35.5. The van der Waals surface area contributed by atoms with Crippen molar-refractivity contribution in [3.8, 4) is 0 Å². The molecule has 0 spiro atoms. The van der Waals surface area contributed by atoms with E-state index in [9.17, 15) is 0 Å². The van der Waals surface area contributed by atoms with E-state index >= 15 is 0 Å². The van der Waals surface area contributed by atoms with E-state index in [1.807, 2.05) is 36.0 Å². The smallest absolute Gasteiger partial charge is 0.245 e. The summed E-state index contributed by atoms with van der Waals surface area (Å²) in [5.41, 5.74) is 0.987. The Morgan fingerprint density at radius 2 is 2.15 bits per heavy atom. The summed E-state index contributed by atoms with van der Waals surface area (Å²) in [4.78, 5) is 4.48.